The molecule has 6 heteroatoms. The summed E-state index contributed by atoms with van der Waals surface area (Å²) in [6, 6.07) is 13.9. The summed E-state index contributed by atoms with van der Waals surface area (Å²) >= 11 is 3.49. The Hall–Kier alpha value is -2.86. The molecule has 0 saturated heterocycles. The predicted octanol–water partition coefficient (Wildman–Crippen LogP) is 4.34. The molecule has 1 aliphatic rings. The maximum Gasteiger partial charge on any atom is 0.229 e. The summed E-state index contributed by atoms with van der Waals surface area (Å²) in [6.45, 7) is 0.548. The molecule has 1 aliphatic heterocycles. The van der Waals surface area contributed by atoms with Gasteiger partial charge >= 0.3 is 0 Å². The van der Waals surface area contributed by atoms with Gasteiger partial charge in [0.15, 0.2) is 5.84 Å². The van der Waals surface area contributed by atoms with Crippen molar-refractivity contribution in [1.29, 1.82) is 0 Å². The zero-order valence-corrected chi connectivity index (χ0v) is 15.3. The van der Waals surface area contributed by atoms with E-state index in [4.69, 9.17) is 0 Å². The smallest absolute Gasteiger partial charge is 0.229 e. The molecule has 5 nitrogen and oxygen atoms in total. The second-order valence-electron chi connectivity index (χ2n) is 6.40. The van der Waals surface area contributed by atoms with E-state index < -0.39 is 0 Å². The second-order valence-corrected chi connectivity index (χ2v) is 7.31. The molecule has 1 unspecified atom stereocenters. The zero-order chi connectivity index (χ0) is 17.7. The Morgan fingerprint density at radius 1 is 1.04 bits per heavy atom. The van der Waals surface area contributed by atoms with Crippen molar-refractivity contribution < 1.29 is 4.79 Å². The van der Waals surface area contributed by atoms with E-state index >= 15 is 0 Å². The lowest BCUT2D eigenvalue weighted by Gasteiger charge is -2.10. The molecule has 5 rings (SSSR count). The fraction of sp³-hybridized carbons (Fsp3) is 0.100. The highest BCUT2D eigenvalue weighted by Crippen LogP contribution is 2.29. The minimum Gasteiger partial charge on any atom is -0.361 e. The van der Waals surface area contributed by atoms with E-state index in [-0.39, 0.29) is 11.8 Å². The normalized spacial score (nSPS) is 16.8. The number of aromatic amines is 2. The molecule has 2 aromatic heterocycles. The van der Waals surface area contributed by atoms with Crippen molar-refractivity contribution in [3.63, 3.8) is 0 Å². The standard InChI is InChI=1S/C20H15BrN4O/c21-11-5-6-13-14(8-23-17(13)7-11)18-10-24-20(25-18)19(26)15-9-22-16-4-2-1-3-12(15)16/h1-9,18,22-23H,10H2,(H,24,25). The van der Waals surface area contributed by atoms with Gasteiger partial charge in [0.25, 0.3) is 0 Å². The van der Waals surface area contributed by atoms with Gasteiger partial charge < -0.3 is 15.3 Å². The third-order valence-corrected chi connectivity index (χ3v) is 5.34. The first-order valence-corrected chi connectivity index (χ1v) is 9.18. The van der Waals surface area contributed by atoms with E-state index in [0.717, 1.165) is 31.8 Å². The van der Waals surface area contributed by atoms with E-state index in [1.54, 1.807) is 6.20 Å². The number of nitrogens with one attached hydrogen (secondary N) is 3. The van der Waals surface area contributed by atoms with Crippen LogP contribution in [0, 0.1) is 0 Å². The van der Waals surface area contributed by atoms with Crippen LogP contribution in [-0.4, -0.2) is 28.1 Å². The fourth-order valence-electron chi connectivity index (χ4n) is 3.55. The summed E-state index contributed by atoms with van der Waals surface area (Å²) in [5.74, 6) is 0.346. The maximum atomic E-state index is 12.9. The molecule has 0 aliphatic carbocycles. The van der Waals surface area contributed by atoms with Gasteiger partial charge in [0.2, 0.25) is 5.78 Å². The molecule has 3 heterocycles. The number of ketones is 1. The number of hydrogen-bond donors (Lipinski definition) is 3. The summed E-state index contributed by atoms with van der Waals surface area (Å²) in [5, 5.41) is 5.37. The van der Waals surface area contributed by atoms with Gasteiger partial charge in [-0.25, -0.2) is 0 Å². The average molecular weight is 407 g/mol. The molecular weight excluding hydrogens is 392 g/mol. The number of fused-ring (bicyclic) bond motifs is 2. The Kier molecular flexibility index (Phi) is 3.46. The minimum absolute atomic E-state index is 0.00548. The van der Waals surface area contributed by atoms with E-state index in [1.165, 1.54) is 0 Å². The second kappa shape index (κ2) is 5.85. The van der Waals surface area contributed by atoms with Crippen molar-refractivity contribution >= 4 is 49.4 Å². The Labute approximate surface area is 157 Å². The lowest BCUT2D eigenvalue weighted by molar-refractivity contribution is 0.106. The summed E-state index contributed by atoms with van der Waals surface area (Å²) in [6.07, 6.45) is 3.75. The Morgan fingerprint density at radius 3 is 2.81 bits per heavy atom. The Morgan fingerprint density at radius 2 is 1.88 bits per heavy atom. The Balaban J connectivity index is 1.43. The first-order chi connectivity index (χ1) is 12.7. The van der Waals surface area contributed by atoms with Gasteiger partial charge in [0.05, 0.1) is 18.2 Å². The van der Waals surface area contributed by atoms with Crippen molar-refractivity contribution in [2.75, 3.05) is 6.54 Å². The summed E-state index contributed by atoms with van der Waals surface area (Å²) in [5.41, 5.74) is 3.79. The van der Waals surface area contributed by atoms with Gasteiger partial charge in [0, 0.05) is 44.2 Å². The fourth-order valence-corrected chi connectivity index (χ4v) is 3.91. The maximum absolute atomic E-state index is 12.9. The summed E-state index contributed by atoms with van der Waals surface area (Å²) in [7, 11) is 0. The van der Waals surface area contributed by atoms with E-state index in [0.29, 0.717) is 17.9 Å². The van der Waals surface area contributed by atoms with Gasteiger partial charge in [-0.15, -0.1) is 0 Å². The summed E-state index contributed by atoms with van der Waals surface area (Å²) in [4.78, 5) is 23.8. The van der Waals surface area contributed by atoms with Crippen molar-refractivity contribution in [3.8, 4) is 0 Å². The number of amidine groups is 1. The van der Waals surface area contributed by atoms with Gasteiger partial charge in [-0.3, -0.25) is 9.79 Å². The SMILES string of the molecule is O=C(C1=NCC(c2c[nH]c3cc(Br)ccc23)N1)c1c[nH]c2ccccc12. The van der Waals surface area contributed by atoms with Crippen LogP contribution in [0.2, 0.25) is 0 Å². The highest BCUT2D eigenvalue weighted by Gasteiger charge is 2.27. The number of nitrogens with zero attached hydrogens (tertiary/aromatic N) is 1. The van der Waals surface area contributed by atoms with Crippen molar-refractivity contribution in [3.05, 3.63) is 70.5 Å². The molecule has 0 fully saturated rings. The molecule has 4 aromatic rings. The lowest BCUT2D eigenvalue weighted by Crippen LogP contribution is -2.29. The predicted molar refractivity (Wildman–Crippen MR) is 107 cm³/mol. The molecule has 0 saturated carbocycles. The van der Waals surface area contributed by atoms with Crippen molar-refractivity contribution in [2.24, 2.45) is 4.99 Å². The third-order valence-electron chi connectivity index (χ3n) is 4.84. The average Bonchev–Trinajstić information content (AvgIpc) is 3.38. The van der Waals surface area contributed by atoms with Crippen LogP contribution in [0.1, 0.15) is 22.0 Å². The van der Waals surface area contributed by atoms with Crippen molar-refractivity contribution in [2.45, 2.75) is 6.04 Å². The third kappa shape index (κ3) is 2.37. The molecule has 128 valence electrons. The number of H-pyrrole nitrogens is 2. The van der Waals surface area contributed by atoms with Gasteiger partial charge in [-0.05, 0) is 18.2 Å². The number of aliphatic imine (C=N–C) groups is 1. The number of benzene rings is 2. The van der Waals surface area contributed by atoms with Crippen LogP contribution < -0.4 is 5.32 Å². The minimum atomic E-state index is -0.0764. The molecule has 0 bridgehead atoms. The number of aromatic nitrogens is 2. The number of carbonyl (C=O) groups is 1. The number of hydrogen-bond acceptors (Lipinski definition) is 3. The Bertz CT molecular complexity index is 1190. The number of halogens is 1. The van der Waals surface area contributed by atoms with Gasteiger partial charge in [-0.2, -0.15) is 0 Å². The molecular formula is C20H15BrN4O. The number of para-hydroxylation sites is 1. The highest BCUT2D eigenvalue weighted by atomic mass is 79.9. The van der Waals surface area contributed by atoms with E-state index in [9.17, 15) is 4.79 Å². The van der Waals surface area contributed by atoms with Crippen LogP contribution >= 0.6 is 15.9 Å². The quantitative estimate of drug-likeness (QED) is 0.442. The topological polar surface area (TPSA) is 73.0 Å². The van der Waals surface area contributed by atoms with E-state index in [2.05, 4.69) is 42.3 Å². The summed E-state index contributed by atoms with van der Waals surface area (Å²) < 4.78 is 1.03. The molecule has 0 spiro atoms. The number of Topliss-reactive ketones (excluding diaryl/α,β-unsaturated/α-hetero) is 1. The number of rotatable bonds is 3. The van der Waals surface area contributed by atoms with Gasteiger partial charge in [0.1, 0.15) is 0 Å². The number of carbonyl (C=O) groups excluding carboxylic acids is 1. The molecule has 3 N–H and O–H groups in total. The van der Waals surface area contributed by atoms with E-state index in [1.807, 2.05) is 42.6 Å². The first-order valence-electron chi connectivity index (χ1n) is 8.39. The largest absolute Gasteiger partial charge is 0.361 e. The molecule has 2 aromatic carbocycles. The highest BCUT2D eigenvalue weighted by molar-refractivity contribution is 9.10. The zero-order valence-electron chi connectivity index (χ0n) is 13.7. The lowest BCUT2D eigenvalue weighted by atomic mass is 10.1. The van der Waals surface area contributed by atoms with Crippen LogP contribution in [0.3, 0.4) is 0 Å². The van der Waals surface area contributed by atoms with Crippen LogP contribution in [0.5, 0.6) is 0 Å². The van der Waals surface area contributed by atoms with Crippen molar-refractivity contribution in [1.82, 2.24) is 15.3 Å². The first kappa shape index (κ1) is 15.4. The van der Waals surface area contributed by atoms with Crippen LogP contribution in [0.4, 0.5) is 0 Å². The van der Waals surface area contributed by atoms with Crippen LogP contribution in [0.15, 0.2) is 64.3 Å². The molecule has 1 atom stereocenters. The van der Waals surface area contributed by atoms with Crippen LogP contribution in [-0.2, 0) is 0 Å². The molecule has 0 radical (unpaired) electrons. The molecule has 0 amide bonds. The monoisotopic (exact) mass is 406 g/mol. The molecule has 26 heavy (non-hydrogen) atoms. The van der Waals surface area contributed by atoms with Gasteiger partial charge in [-0.1, -0.05) is 40.2 Å². The van der Waals surface area contributed by atoms with Crippen LogP contribution in [0.25, 0.3) is 21.8 Å².